The lowest BCUT2D eigenvalue weighted by molar-refractivity contribution is 0.221. The number of alkyl halides is 1. The Morgan fingerprint density at radius 1 is 1.25 bits per heavy atom. The van der Waals surface area contributed by atoms with Crippen molar-refractivity contribution in [2.75, 3.05) is 17.2 Å². The summed E-state index contributed by atoms with van der Waals surface area (Å²) in [6.45, 7) is 3.27. The summed E-state index contributed by atoms with van der Waals surface area (Å²) in [6.07, 6.45) is 5.50. The van der Waals surface area contributed by atoms with Crippen LogP contribution in [0.3, 0.4) is 0 Å². The summed E-state index contributed by atoms with van der Waals surface area (Å²) < 4.78 is 43.7. The standard InChI is InChI=1S/C23H26FN5O2S/c1-23(2,24)13-28-32(30,31)21-17-9-19(14-5-6-14)27-10-15(17)8-16-11-29(12-18(16)21)20-4-3-7-26-22(20)25/h3-4,7-10,14,28H,5-6,11-13H2,1-2H3,(H2,25,26). The third-order valence-electron chi connectivity index (χ3n) is 6.01. The van der Waals surface area contributed by atoms with E-state index in [-0.39, 0.29) is 11.4 Å². The number of anilines is 2. The summed E-state index contributed by atoms with van der Waals surface area (Å²) in [5.74, 6) is 0.775. The van der Waals surface area contributed by atoms with E-state index in [1.807, 2.05) is 23.1 Å². The van der Waals surface area contributed by atoms with Crippen LogP contribution in [0.2, 0.25) is 0 Å². The summed E-state index contributed by atoms with van der Waals surface area (Å²) in [4.78, 5) is 11.0. The van der Waals surface area contributed by atoms with E-state index in [2.05, 4.69) is 14.7 Å². The van der Waals surface area contributed by atoms with E-state index in [1.165, 1.54) is 13.8 Å². The maximum atomic E-state index is 14.2. The lowest BCUT2D eigenvalue weighted by Gasteiger charge is -2.20. The average molecular weight is 456 g/mol. The molecule has 0 radical (unpaired) electrons. The van der Waals surface area contributed by atoms with Gasteiger partial charge in [0.1, 0.15) is 11.5 Å². The number of halogens is 1. The number of sulfonamides is 1. The van der Waals surface area contributed by atoms with Crippen molar-refractivity contribution in [2.24, 2.45) is 0 Å². The summed E-state index contributed by atoms with van der Waals surface area (Å²) >= 11 is 0. The molecule has 0 saturated heterocycles. The van der Waals surface area contributed by atoms with Crippen molar-refractivity contribution in [2.45, 2.75) is 56.3 Å². The molecule has 2 aliphatic rings. The van der Waals surface area contributed by atoms with E-state index in [1.54, 1.807) is 18.5 Å². The molecule has 3 N–H and O–H groups in total. The van der Waals surface area contributed by atoms with Crippen LogP contribution < -0.4 is 15.4 Å². The number of fused-ring (bicyclic) bond motifs is 2. The van der Waals surface area contributed by atoms with Gasteiger partial charge in [0.25, 0.3) is 0 Å². The van der Waals surface area contributed by atoms with E-state index in [9.17, 15) is 12.8 Å². The molecule has 1 fully saturated rings. The van der Waals surface area contributed by atoms with Crippen molar-refractivity contribution in [3.8, 4) is 0 Å². The van der Waals surface area contributed by atoms with Crippen LogP contribution in [0, 0.1) is 0 Å². The van der Waals surface area contributed by atoms with Crippen molar-refractivity contribution in [3.05, 3.63) is 53.5 Å². The lowest BCUT2D eigenvalue weighted by Crippen LogP contribution is -2.36. The highest BCUT2D eigenvalue weighted by molar-refractivity contribution is 7.89. The van der Waals surface area contributed by atoms with Crippen LogP contribution in [-0.2, 0) is 23.1 Å². The largest absolute Gasteiger partial charge is 0.382 e. The molecule has 5 rings (SSSR count). The smallest absolute Gasteiger partial charge is 0.241 e. The summed E-state index contributed by atoms with van der Waals surface area (Å²) in [5, 5.41) is 1.39. The Morgan fingerprint density at radius 2 is 2.03 bits per heavy atom. The third-order valence-corrected chi connectivity index (χ3v) is 7.53. The van der Waals surface area contributed by atoms with Crippen LogP contribution >= 0.6 is 0 Å². The number of nitrogens with one attached hydrogen (secondary N) is 1. The van der Waals surface area contributed by atoms with Gasteiger partial charge in [-0.25, -0.2) is 22.5 Å². The van der Waals surface area contributed by atoms with Gasteiger partial charge in [0, 0.05) is 54.4 Å². The predicted molar refractivity (Wildman–Crippen MR) is 123 cm³/mol. The highest BCUT2D eigenvalue weighted by Crippen LogP contribution is 2.42. The van der Waals surface area contributed by atoms with Gasteiger partial charge < -0.3 is 10.6 Å². The number of nitrogen functional groups attached to an aromatic ring is 1. The van der Waals surface area contributed by atoms with Crippen LogP contribution in [0.1, 0.15) is 49.4 Å². The van der Waals surface area contributed by atoms with Gasteiger partial charge in [0.15, 0.2) is 0 Å². The molecule has 1 aliphatic heterocycles. The number of rotatable bonds is 6. The normalized spacial score (nSPS) is 16.5. The van der Waals surface area contributed by atoms with Gasteiger partial charge in [0.05, 0.1) is 10.6 Å². The highest BCUT2D eigenvalue weighted by Gasteiger charge is 2.33. The van der Waals surface area contributed by atoms with E-state index in [0.717, 1.165) is 35.2 Å². The minimum Gasteiger partial charge on any atom is -0.382 e. The number of nitrogens with zero attached hydrogens (tertiary/aromatic N) is 3. The monoisotopic (exact) mass is 455 g/mol. The molecule has 3 aromatic rings. The number of aromatic nitrogens is 2. The molecule has 32 heavy (non-hydrogen) atoms. The second kappa shape index (κ2) is 7.38. The molecule has 0 bridgehead atoms. The fourth-order valence-corrected chi connectivity index (χ4v) is 5.90. The van der Waals surface area contributed by atoms with Crippen molar-refractivity contribution in [3.63, 3.8) is 0 Å². The fraction of sp³-hybridized carbons (Fsp3) is 0.391. The van der Waals surface area contributed by atoms with E-state index >= 15 is 0 Å². The van der Waals surface area contributed by atoms with E-state index in [4.69, 9.17) is 5.73 Å². The first-order valence-electron chi connectivity index (χ1n) is 10.7. The average Bonchev–Trinajstić information content (AvgIpc) is 3.50. The topological polar surface area (TPSA) is 101 Å². The van der Waals surface area contributed by atoms with Crippen molar-refractivity contribution in [1.29, 1.82) is 0 Å². The summed E-state index contributed by atoms with van der Waals surface area (Å²) in [5.41, 5.74) is 7.67. The Hall–Kier alpha value is -2.78. The van der Waals surface area contributed by atoms with Gasteiger partial charge in [-0.3, -0.25) is 4.98 Å². The Kier molecular flexibility index (Phi) is 4.86. The Labute approximate surface area is 186 Å². The maximum absolute atomic E-state index is 14.2. The van der Waals surface area contributed by atoms with Crippen molar-refractivity contribution < 1.29 is 12.8 Å². The van der Waals surface area contributed by atoms with E-state index in [0.29, 0.717) is 35.8 Å². The molecule has 7 nitrogen and oxygen atoms in total. The number of hydrogen-bond acceptors (Lipinski definition) is 6. The van der Waals surface area contributed by atoms with Gasteiger partial charge in [-0.2, -0.15) is 0 Å². The molecule has 0 unspecified atom stereocenters. The highest BCUT2D eigenvalue weighted by atomic mass is 32.2. The Balaban J connectivity index is 1.66. The zero-order valence-electron chi connectivity index (χ0n) is 18.1. The van der Waals surface area contributed by atoms with Crippen LogP contribution in [-0.4, -0.2) is 30.6 Å². The van der Waals surface area contributed by atoms with Gasteiger partial charge >= 0.3 is 0 Å². The molecule has 0 amide bonds. The molecular weight excluding hydrogens is 429 g/mol. The molecule has 1 aliphatic carbocycles. The molecule has 1 aromatic carbocycles. The van der Waals surface area contributed by atoms with Crippen molar-refractivity contribution in [1.82, 2.24) is 14.7 Å². The molecule has 0 atom stereocenters. The first kappa shape index (κ1) is 21.1. The number of benzene rings is 1. The predicted octanol–water partition coefficient (Wildman–Crippen LogP) is 3.64. The van der Waals surface area contributed by atoms with Crippen LogP contribution in [0.15, 0.2) is 41.6 Å². The van der Waals surface area contributed by atoms with Crippen molar-refractivity contribution >= 4 is 32.3 Å². The zero-order valence-corrected chi connectivity index (χ0v) is 18.9. The first-order chi connectivity index (χ1) is 15.1. The number of hydrogen-bond donors (Lipinski definition) is 2. The van der Waals surface area contributed by atoms with Crippen LogP contribution in [0.25, 0.3) is 10.8 Å². The molecule has 2 aromatic heterocycles. The van der Waals surface area contributed by atoms with Gasteiger partial charge in [-0.15, -0.1) is 0 Å². The zero-order chi connectivity index (χ0) is 22.7. The quantitative estimate of drug-likeness (QED) is 0.589. The van der Waals surface area contributed by atoms with Gasteiger partial charge in [0.2, 0.25) is 10.0 Å². The van der Waals surface area contributed by atoms with Crippen LogP contribution in [0.4, 0.5) is 15.9 Å². The number of nitrogens with two attached hydrogens (primary N) is 1. The van der Waals surface area contributed by atoms with E-state index < -0.39 is 15.7 Å². The minimum absolute atomic E-state index is 0.212. The molecular formula is C23H26FN5O2S. The first-order valence-corrected chi connectivity index (χ1v) is 12.2. The molecule has 168 valence electrons. The lowest BCUT2D eigenvalue weighted by atomic mass is 10.0. The minimum atomic E-state index is -3.97. The number of pyridine rings is 2. The second-order valence-corrected chi connectivity index (χ2v) is 11.0. The maximum Gasteiger partial charge on any atom is 0.241 e. The third kappa shape index (κ3) is 3.91. The molecule has 1 saturated carbocycles. The Morgan fingerprint density at radius 3 is 2.72 bits per heavy atom. The van der Waals surface area contributed by atoms with Gasteiger partial charge in [-0.1, -0.05) is 0 Å². The molecule has 9 heteroatoms. The molecule has 3 heterocycles. The Bertz CT molecular complexity index is 1320. The van der Waals surface area contributed by atoms with Crippen LogP contribution in [0.5, 0.6) is 0 Å². The molecule has 0 spiro atoms. The SMILES string of the molecule is CC(C)(F)CNS(=O)(=O)c1c2c(cc3cnc(C4CC4)cc13)CN(c1cccnc1N)C2. The fourth-order valence-electron chi connectivity index (χ4n) is 4.24. The second-order valence-electron chi connectivity index (χ2n) is 9.26. The summed E-state index contributed by atoms with van der Waals surface area (Å²) in [6, 6.07) is 7.57. The summed E-state index contributed by atoms with van der Waals surface area (Å²) in [7, 11) is -3.97. The van der Waals surface area contributed by atoms with Gasteiger partial charge in [-0.05, 0) is 62.1 Å².